The van der Waals surface area contributed by atoms with Gasteiger partial charge >= 0.3 is 0 Å². The number of piperazine rings is 1. The number of nitrogens with one attached hydrogen (secondary N) is 1. The predicted molar refractivity (Wildman–Crippen MR) is 65.3 cm³/mol. The molecule has 2 rings (SSSR count). The van der Waals surface area contributed by atoms with E-state index in [1.54, 1.807) is 12.1 Å². The summed E-state index contributed by atoms with van der Waals surface area (Å²) >= 11 is 0. The van der Waals surface area contributed by atoms with Crippen LogP contribution < -0.4 is 10.2 Å². The topological polar surface area (TPSA) is 15.3 Å². The summed E-state index contributed by atoms with van der Waals surface area (Å²) in [4.78, 5) is 2.20. The molecule has 2 nitrogen and oxygen atoms in total. The quantitative estimate of drug-likeness (QED) is 0.845. The van der Waals surface area contributed by atoms with Gasteiger partial charge in [-0.05, 0) is 18.6 Å². The van der Waals surface area contributed by atoms with Gasteiger partial charge in [0.2, 0.25) is 0 Å². The van der Waals surface area contributed by atoms with Gasteiger partial charge in [-0.3, -0.25) is 0 Å². The minimum Gasteiger partial charge on any atom is -0.364 e. The number of para-hydroxylation sites is 1. The largest absolute Gasteiger partial charge is 0.364 e. The van der Waals surface area contributed by atoms with E-state index in [0.717, 1.165) is 38.2 Å². The third-order valence-electron chi connectivity index (χ3n) is 3.13. The molecule has 1 N–H and O–H groups in total. The lowest BCUT2D eigenvalue weighted by Crippen LogP contribution is -2.51. The maximum absolute atomic E-state index is 13.7. The summed E-state index contributed by atoms with van der Waals surface area (Å²) in [6, 6.07) is 7.50. The molecule has 0 aromatic heterocycles. The normalized spacial score (nSPS) is 21.1. The number of anilines is 1. The molecule has 1 aliphatic rings. The van der Waals surface area contributed by atoms with Crippen LogP contribution in [0, 0.1) is 5.82 Å². The van der Waals surface area contributed by atoms with Crippen molar-refractivity contribution in [3.63, 3.8) is 0 Å². The minimum atomic E-state index is -0.106. The van der Waals surface area contributed by atoms with Crippen LogP contribution >= 0.6 is 0 Å². The Labute approximate surface area is 96.5 Å². The number of hydrogen-bond donors (Lipinski definition) is 1. The Balaban J connectivity index is 2.19. The fourth-order valence-electron chi connectivity index (χ4n) is 2.35. The van der Waals surface area contributed by atoms with Gasteiger partial charge in [0.1, 0.15) is 5.82 Å². The number of nitrogens with zero attached hydrogens (tertiary/aromatic N) is 1. The summed E-state index contributed by atoms with van der Waals surface area (Å²) in [5, 5.41) is 3.37. The summed E-state index contributed by atoms with van der Waals surface area (Å²) in [6.07, 6.45) is 2.25. The molecule has 0 spiro atoms. The molecular formula is C13H19FN2. The SMILES string of the molecule is CCCC1CNCCN1c1ccccc1F. The van der Waals surface area contributed by atoms with E-state index < -0.39 is 0 Å². The molecule has 1 unspecified atom stereocenters. The third kappa shape index (κ3) is 2.35. The second-order valence-electron chi connectivity index (χ2n) is 4.29. The highest BCUT2D eigenvalue weighted by atomic mass is 19.1. The molecule has 1 atom stereocenters. The standard InChI is InChI=1S/C13H19FN2/c1-2-5-11-10-15-8-9-16(11)13-7-4-3-6-12(13)14/h3-4,6-7,11,15H,2,5,8-10H2,1H3. The molecule has 1 aromatic carbocycles. The summed E-state index contributed by atoms with van der Waals surface area (Å²) in [7, 11) is 0. The van der Waals surface area contributed by atoms with Crippen LogP contribution in [0.5, 0.6) is 0 Å². The average molecular weight is 222 g/mol. The first-order chi connectivity index (χ1) is 7.83. The first-order valence-electron chi connectivity index (χ1n) is 6.05. The van der Waals surface area contributed by atoms with Crippen LogP contribution in [0.1, 0.15) is 19.8 Å². The molecular weight excluding hydrogens is 203 g/mol. The molecule has 1 heterocycles. The number of hydrogen-bond acceptors (Lipinski definition) is 2. The van der Waals surface area contributed by atoms with Crippen molar-refractivity contribution in [2.45, 2.75) is 25.8 Å². The van der Waals surface area contributed by atoms with E-state index in [9.17, 15) is 4.39 Å². The predicted octanol–water partition coefficient (Wildman–Crippen LogP) is 2.40. The van der Waals surface area contributed by atoms with E-state index in [1.165, 1.54) is 0 Å². The van der Waals surface area contributed by atoms with Gasteiger partial charge in [-0.25, -0.2) is 4.39 Å². The van der Waals surface area contributed by atoms with Crippen LogP contribution in [0.4, 0.5) is 10.1 Å². The summed E-state index contributed by atoms with van der Waals surface area (Å²) in [5.41, 5.74) is 0.752. The van der Waals surface area contributed by atoms with Gasteiger partial charge in [0.25, 0.3) is 0 Å². The van der Waals surface area contributed by atoms with Gasteiger partial charge in [0.15, 0.2) is 0 Å². The molecule has 1 fully saturated rings. The molecule has 1 aliphatic heterocycles. The highest BCUT2D eigenvalue weighted by molar-refractivity contribution is 5.49. The lowest BCUT2D eigenvalue weighted by molar-refractivity contribution is 0.444. The van der Waals surface area contributed by atoms with Crippen molar-refractivity contribution in [1.82, 2.24) is 5.32 Å². The Morgan fingerprint density at radius 1 is 1.44 bits per heavy atom. The van der Waals surface area contributed by atoms with Crippen molar-refractivity contribution in [3.05, 3.63) is 30.1 Å². The minimum absolute atomic E-state index is 0.106. The Hall–Kier alpha value is -1.09. The Kier molecular flexibility index (Phi) is 3.78. The lowest BCUT2D eigenvalue weighted by Gasteiger charge is -2.38. The first-order valence-corrected chi connectivity index (χ1v) is 6.05. The second-order valence-corrected chi connectivity index (χ2v) is 4.29. The van der Waals surface area contributed by atoms with Crippen molar-refractivity contribution >= 4 is 5.69 Å². The monoisotopic (exact) mass is 222 g/mol. The third-order valence-corrected chi connectivity index (χ3v) is 3.13. The Morgan fingerprint density at radius 3 is 3.00 bits per heavy atom. The van der Waals surface area contributed by atoms with E-state index in [-0.39, 0.29) is 5.82 Å². The molecule has 3 heteroatoms. The molecule has 1 saturated heterocycles. The zero-order chi connectivity index (χ0) is 11.4. The summed E-state index contributed by atoms with van der Waals surface area (Å²) in [6.45, 7) is 4.97. The number of rotatable bonds is 3. The molecule has 0 radical (unpaired) electrons. The van der Waals surface area contributed by atoms with Crippen molar-refractivity contribution in [3.8, 4) is 0 Å². The Bertz CT molecular complexity index is 338. The molecule has 0 amide bonds. The van der Waals surface area contributed by atoms with Gasteiger partial charge in [-0.15, -0.1) is 0 Å². The second kappa shape index (κ2) is 5.30. The summed E-state index contributed by atoms with van der Waals surface area (Å²) < 4.78 is 13.7. The van der Waals surface area contributed by atoms with Crippen LogP contribution in [0.3, 0.4) is 0 Å². The zero-order valence-electron chi connectivity index (χ0n) is 9.75. The van der Waals surface area contributed by atoms with E-state index in [2.05, 4.69) is 17.1 Å². The van der Waals surface area contributed by atoms with Crippen molar-refractivity contribution in [1.29, 1.82) is 0 Å². The molecule has 16 heavy (non-hydrogen) atoms. The molecule has 1 aromatic rings. The van der Waals surface area contributed by atoms with Crippen LogP contribution in [0.2, 0.25) is 0 Å². The van der Waals surface area contributed by atoms with Gasteiger partial charge in [0.05, 0.1) is 5.69 Å². The Morgan fingerprint density at radius 2 is 2.25 bits per heavy atom. The van der Waals surface area contributed by atoms with E-state index in [1.807, 2.05) is 12.1 Å². The van der Waals surface area contributed by atoms with Gasteiger partial charge < -0.3 is 10.2 Å². The van der Waals surface area contributed by atoms with E-state index >= 15 is 0 Å². The lowest BCUT2D eigenvalue weighted by atomic mass is 10.1. The number of halogens is 1. The highest BCUT2D eigenvalue weighted by Crippen LogP contribution is 2.23. The van der Waals surface area contributed by atoms with Crippen LogP contribution in [-0.4, -0.2) is 25.7 Å². The van der Waals surface area contributed by atoms with Crippen LogP contribution in [-0.2, 0) is 0 Å². The molecule has 88 valence electrons. The van der Waals surface area contributed by atoms with Gasteiger partial charge in [-0.2, -0.15) is 0 Å². The van der Waals surface area contributed by atoms with Gasteiger partial charge in [0, 0.05) is 25.7 Å². The molecule has 0 bridgehead atoms. The van der Waals surface area contributed by atoms with Crippen molar-refractivity contribution < 1.29 is 4.39 Å². The average Bonchev–Trinajstić information content (AvgIpc) is 2.31. The van der Waals surface area contributed by atoms with Crippen LogP contribution in [0.15, 0.2) is 24.3 Å². The zero-order valence-corrected chi connectivity index (χ0v) is 9.75. The van der Waals surface area contributed by atoms with Crippen molar-refractivity contribution in [2.24, 2.45) is 0 Å². The summed E-state index contributed by atoms with van der Waals surface area (Å²) in [5.74, 6) is -0.106. The maximum atomic E-state index is 13.7. The van der Waals surface area contributed by atoms with Gasteiger partial charge in [-0.1, -0.05) is 25.5 Å². The molecule has 0 saturated carbocycles. The first kappa shape index (κ1) is 11.4. The maximum Gasteiger partial charge on any atom is 0.146 e. The fraction of sp³-hybridized carbons (Fsp3) is 0.538. The smallest absolute Gasteiger partial charge is 0.146 e. The highest BCUT2D eigenvalue weighted by Gasteiger charge is 2.23. The van der Waals surface area contributed by atoms with Crippen molar-refractivity contribution in [2.75, 3.05) is 24.5 Å². The molecule has 0 aliphatic carbocycles. The number of benzene rings is 1. The van der Waals surface area contributed by atoms with E-state index in [4.69, 9.17) is 0 Å². The van der Waals surface area contributed by atoms with Crippen LogP contribution in [0.25, 0.3) is 0 Å². The fourth-order valence-corrected chi connectivity index (χ4v) is 2.35. The van der Waals surface area contributed by atoms with E-state index in [0.29, 0.717) is 6.04 Å².